The van der Waals surface area contributed by atoms with Crippen LogP contribution in [0.2, 0.25) is 0 Å². The molecule has 0 aromatic heterocycles. The molecule has 0 aliphatic heterocycles. The summed E-state index contributed by atoms with van der Waals surface area (Å²) >= 11 is 0. The van der Waals surface area contributed by atoms with Crippen LogP contribution in [0.4, 0.5) is 0 Å². The highest BCUT2D eigenvalue weighted by Gasteiger charge is 2.10. The zero-order valence-corrected chi connectivity index (χ0v) is 9.98. The van der Waals surface area contributed by atoms with Gasteiger partial charge in [-0.15, -0.1) is 0 Å². The van der Waals surface area contributed by atoms with Crippen molar-refractivity contribution in [1.29, 1.82) is 0 Å². The second-order valence-electron chi connectivity index (χ2n) is 4.28. The molecule has 82 valence electrons. The Morgan fingerprint density at radius 2 is 1.38 bits per heavy atom. The molecule has 0 heteroatoms. The van der Waals surface area contributed by atoms with Gasteiger partial charge in [0.05, 0.1) is 0 Å². The van der Waals surface area contributed by atoms with Gasteiger partial charge < -0.3 is 0 Å². The number of hydrogen-bond acceptors (Lipinski definition) is 0. The summed E-state index contributed by atoms with van der Waals surface area (Å²) in [6.45, 7) is 4.38. The minimum absolute atomic E-state index is 0.529. The molecule has 1 atom stereocenters. The predicted molar refractivity (Wildman–Crippen MR) is 69.8 cm³/mol. The first-order chi connectivity index (χ1) is 7.81. The average Bonchev–Trinajstić information content (AvgIpc) is 2.34. The lowest BCUT2D eigenvalue weighted by Crippen LogP contribution is -1.99. The minimum Gasteiger partial charge on any atom is -0.0645 e. The van der Waals surface area contributed by atoms with Crippen LogP contribution in [0.25, 0.3) is 0 Å². The van der Waals surface area contributed by atoms with E-state index < -0.39 is 0 Å². The SMILES string of the molecule is CCC(c1ccccc1)c1ccc(C)cc1. The van der Waals surface area contributed by atoms with Gasteiger partial charge in [0.1, 0.15) is 0 Å². The third-order valence-electron chi connectivity index (χ3n) is 3.09. The van der Waals surface area contributed by atoms with E-state index in [4.69, 9.17) is 0 Å². The summed E-state index contributed by atoms with van der Waals surface area (Å²) in [5.41, 5.74) is 4.15. The van der Waals surface area contributed by atoms with Crippen molar-refractivity contribution in [3.63, 3.8) is 0 Å². The normalized spacial score (nSPS) is 12.4. The molecular weight excluding hydrogens is 192 g/mol. The molecule has 0 aliphatic rings. The van der Waals surface area contributed by atoms with Crippen molar-refractivity contribution in [2.24, 2.45) is 0 Å². The second-order valence-corrected chi connectivity index (χ2v) is 4.28. The lowest BCUT2D eigenvalue weighted by atomic mass is 9.89. The van der Waals surface area contributed by atoms with Crippen LogP contribution >= 0.6 is 0 Å². The van der Waals surface area contributed by atoms with Crippen molar-refractivity contribution in [3.05, 3.63) is 71.3 Å². The average molecular weight is 210 g/mol. The van der Waals surface area contributed by atoms with E-state index in [1.165, 1.54) is 16.7 Å². The van der Waals surface area contributed by atoms with Gasteiger partial charge in [-0.25, -0.2) is 0 Å². The molecule has 0 bridgehead atoms. The van der Waals surface area contributed by atoms with Crippen LogP contribution in [0.15, 0.2) is 54.6 Å². The lowest BCUT2D eigenvalue weighted by molar-refractivity contribution is 0.777. The molecule has 0 N–H and O–H groups in total. The Bertz CT molecular complexity index is 425. The molecule has 2 aromatic rings. The number of aryl methyl sites for hydroxylation is 1. The van der Waals surface area contributed by atoms with Crippen molar-refractivity contribution in [2.75, 3.05) is 0 Å². The van der Waals surface area contributed by atoms with Crippen molar-refractivity contribution in [1.82, 2.24) is 0 Å². The van der Waals surface area contributed by atoms with Crippen LogP contribution in [0.1, 0.15) is 36.0 Å². The molecule has 2 rings (SSSR count). The molecule has 2 aromatic carbocycles. The Kier molecular flexibility index (Phi) is 3.40. The van der Waals surface area contributed by atoms with E-state index in [1.54, 1.807) is 0 Å². The summed E-state index contributed by atoms with van der Waals surface area (Å²) in [4.78, 5) is 0. The summed E-state index contributed by atoms with van der Waals surface area (Å²) in [5.74, 6) is 0.529. The molecule has 0 fully saturated rings. The van der Waals surface area contributed by atoms with Gasteiger partial charge in [0.15, 0.2) is 0 Å². The standard InChI is InChI=1S/C16H18/c1-3-16(14-7-5-4-6-8-14)15-11-9-13(2)10-12-15/h4-12,16H,3H2,1-2H3. The third-order valence-corrected chi connectivity index (χ3v) is 3.09. The van der Waals surface area contributed by atoms with Crippen LogP contribution in [0, 0.1) is 6.92 Å². The minimum atomic E-state index is 0.529. The summed E-state index contributed by atoms with van der Waals surface area (Å²) in [5, 5.41) is 0. The monoisotopic (exact) mass is 210 g/mol. The molecular formula is C16H18. The first kappa shape index (κ1) is 10.9. The fraction of sp³-hybridized carbons (Fsp3) is 0.250. The van der Waals surface area contributed by atoms with Crippen LogP contribution < -0.4 is 0 Å². The van der Waals surface area contributed by atoms with Gasteiger partial charge in [-0.1, -0.05) is 67.1 Å². The van der Waals surface area contributed by atoms with Gasteiger partial charge in [0.2, 0.25) is 0 Å². The largest absolute Gasteiger partial charge is 0.0645 e. The summed E-state index contributed by atoms with van der Waals surface area (Å²) in [7, 11) is 0. The van der Waals surface area contributed by atoms with Gasteiger partial charge in [-0.3, -0.25) is 0 Å². The number of rotatable bonds is 3. The topological polar surface area (TPSA) is 0 Å². The third kappa shape index (κ3) is 2.33. The van der Waals surface area contributed by atoms with Crippen molar-refractivity contribution in [2.45, 2.75) is 26.2 Å². The zero-order valence-electron chi connectivity index (χ0n) is 9.98. The molecule has 1 unspecified atom stereocenters. The van der Waals surface area contributed by atoms with E-state index >= 15 is 0 Å². The van der Waals surface area contributed by atoms with Crippen molar-refractivity contribution in [3.8, 4) is 0 Å². The Labute approximate surface area is 97.9 Å². The van der Waals surface area contributed by atoms with Gasteiger partial charge in [-0.05, 0) is 24.5 Å². The van der Waals surface area contributed by atoms with Gasteiger partial charge in [0, 0.05) is 5.92 Å². The maximum Gasteiger partial charge on any atom is 0.00867 e. The molecule has 0 spiro atoms. The highest BCUT2D eigenvalue weighted by Crippen LogP contribution is 2.27. The van der Waals surface area contributed by atoms with E-state index in [0.29, 0.717) is 5.92 Å². The van der Waals surface area contributed by atoms with E-state index in [9.17, 15) is 0 Å². The summed E-state index contributed by atoms with van der Waals surface area (Å²) < 4.78 is 0. The van der Waals surface area contributed by atoms with E-state index in [2.05, 4.69) is 68.4 Å². The quantitative estimate of drug-likeness (QED) is 0.698. The first-order valence-electron chi connectivity index (χ1n) is 5.92. The van der Waals surface area contributed by atoms with Crippen molar-refractivity contribution < 1.29 is 0 Å². The van der Waals surface area contributed by atoms with Crippen LogP contribution in [-0.4, -0.2) is 0 Å². The number of hydrogen-bond donors (Lipinski definition) is 0. The van der Waals surface area contributed by atoms with Gasteiger partial charge >= 0.3 is 0 Å². The lowest BCUT2D eigenvalue weighted by Gasteiger charge is -2.16. The summed E-state index contributed by atoms with van der Waals surface area (Å²) in [6.07, 6.45) is 1.15. The molecule has 0 amide bonds. The molecule has 0 radical (unpaired) electrons. The van der Waals surface area contributed by atoms with Gasteiger partial charge in [-0.2, -0.15) is 0 Å². The highest BCUT2D eigenvalue weighted by molar-refractivity contribution is 5.33. The number of benzene rings is 2. The second kappa shape index (κ2) is 4.98. The smallest absolute Gasteiger partial charge is 0.00867 e. The Morgan fingerprint density at radius 3 is 1.94 bits per heavy atom. The molecule has 0 saturated heterocycles. The first-order valence-corrected chi connectivity index (χ1v) is 5.92. The summed E-state index contributed by atoms with van der Waals surface area (Å²) in [6, 6.07) is 19.6. The van der Waals surface area contributed by atoms with Crippen LogP contribution in [0.5, 0.6) is 0 Å². The Balaban J connectivity index is 2.33. The highest BCUT2D eigenvalue weighted by atomic mass is 14.1. The van der Waals surface area contributed by atoms with Crippen LogP contribution in [0.3, 0.4) is 0 Å². The molecule has 0 heterocycles. The predicted octanol–water partition coefficient (Wildman–Crippen LogP) is 4.54. The van der Waals surface area contributed by atoms with Crippen molar-refractivity contribution >= 4 is 0 Å². The zero-order chi connectivity index (χ0) is 11.4. The molecule has 0 aliphatic carbocycles. The molecule has 0 nitrogen and oxygen atoms in total. The van der Waals surface area contributed by atoms with E-state index in [0.717, 1.165) is 6.42 Å². The maximum absolute atomic E-state index is 2.25. The van der Waals surface area contributed by atoms with E-state index in [1.807, 2.05) is 0 Å². The van der Waals surface area contributed by atoms with Gasteiger partial charge in [0.25, 0.3) is 0 Å². The fourth-order valence-electron chi connectivity index (χ4n) is 2.15. The Morgan fingerprint density at radius 1 is 0.812 bits per heavy atom. The fourth-order valence-corrected chi connectivity index (χ4v) is 2.15. The molecule has 16 heavy (non-hydrogen) atoms. The maximum atomic E-state index is 2.25. The Hall–Kier alpha value is -1.56. The van der Waals surface area contributed by atoms with E-state index in [-0.39, 0.29) is 0 Å². The van der Waals surface area contributed by atoms with Crippen LogP contribution in [-0.2, 0) is 0 Å². The molecule has 0 saturated carbocycles.